The number of aromatic carboxylic acids is 1. The number of carbonyl (C=O) groups is 1. The molecular formula is C14H12O3S. The lowest BCUT2D eigenvalue weighted by molar-refractivity contribution is 0.0696. The van der Waals surface area contributed by atoms with Crippen LogP contribution in [0.4, 0.5) is 0 Å². The molecule has 2 aromatic carbocycles. The van der Waals surface area contributed by atoms with Gasteiger partial charge in [-0.15, -0.1) is 0 Å². The molecule has 1 N–H and O–H groups in total. The Morgan fingerprint density at radius 2 is 1.83 bits per heavy atom. The molecule has 0 aliphatic carbocycles. The van der Waals surface area contributed by atoms with Crippen LogP contribution in [0.1, 0.15) is 15.9 Å². The molecule has 0 saturated heterocycles. The minimum atomic E-state index is -1.22. The van der Waals surface area contributed by atoms with Crippen LogP contribution in [-0.2, 0) is 16.9 Å². The second-order valence-corrected chi connectivity index (χ2v) is 5.26. The second kappa shape index (κ2) is 5.71. The van der Waals surface area contributed by atoms with Crippen molar-refractivity contribution in [3.63, 3.8) is 0 Å². The van der Waals surface area contributed by atoms with Crippen molar-refractivity contribution in [2.24, 2.45) is 0 Å². The number of hydrogen-bond acceptors (Lipinski definition) is 2. The topological polar surface area (TPSA) is 60.4 Å². The van der Waals surface area contributed by atoms with Gasteiger partial charge < -0.3 is 9.66 Å². The summed E-state index contributed by atoms with van der Waals surface area (Å²) in [6.45, 7) is 0. The summed E-state index contributed by atoms with van der Waals surface area (Å²) in [5.74, 6) is -0.613. The van der Waals surface area contributed by atoms with Gasteiger partial charge >= 0.3 is 5.97 Å². The molecule has 0 bridgehead atoms. The molecule has 2 aromatic rings. The number of benzene rings is 2. The van der Waals surface area contributed by atoms with Crippen LogP contribution < -0.4 is 0 Å². The number of carboxylic acids is 1. The summed E-state index contributed by atoms with van der Waals surface area (Å²) in [4.78, 5) is 11.4. The van der Waals surface area contributed by atoms with E-state index in [1.165, 1.54) is 12.1 Å². The van der Waals surface area contributed by atoms with Crippen LogP contribution in [0.2, 0.25) is 0 Å². The molecular weight excluding hydrogens is 248 g/mol. The van der Waals surface area contributed by atoms with Crippen LogP contribution in [0.5, 0.6) is 0 Å². The van der Waals surface area contributed by atoms with Gasteiger partial charge in [0.15, 0.2) is 4.90 Å². The van der Waals surface area contributed by atoms with Gasteiger partial charge in [0.2, 0.25) is 0 Å². The van der Waals surface area contributed by atoms with E-state index in [1.807, 2.05) is 30.3 Å². The molecule has 18 heavy (non-hydrogen) atoms. The van der Waals surface area contributed by atoms with Gasteiger partial charge in [-0.3, -0.25) is 0 Å². The first kappa shape index (κ1) is 12.7. The molecule has 0 amide bonds. The Labute approximate surface area is 108 Å². The van der Waals surface area contributed by atoms with Crippen molar-refractivity contribution in [2.45, 2.75) is 10.6 Å². The number of carboxylic acid groups (broad SMARTS) is 1. The lowest BCUT2D eigenvalue weighted by Crippen LogP contribution is -2.06. The highest BCUT2D eigenvalue weighted by atomic mass is 32.2. The standard InChI is InChI=1S/C14H12O3S/c15-14(16)12-7-4-8-13(9-12)18(17)10-11-5-2-1-3-6-11/h1-9H,10H2,(H,15,16). The van der Waals surface area contributed by atoms with Gasteiger partial charge in [0.25, 0.3) is 0 Å². The third kappa shape index (κ3) is 3.12. The summed E-state index contributed by atoms with van der Waals surface area (Å²) in [7, 11) is 0. The molecule has 0 spiro atoms. The van der Waals surface area contributed by atoms with Crippen LogP contribution in [0.3, 0.4) is 0 Å². The minimum absolute atomic E-state index is 0.161. The summed E-state index contributed by atoms with van der Waals surface area (Å²) in [5, 5.41) is 8.88. The zero-order valence-electron chi connectivity index (χ0n) is 9.58. The molecule has 0 fully saturated rings. The third-order valence-electron chi connectivity index (χ3n) is 2.48. The van der Waals surface area contributed by atoms with Crippen molar-refractivity contribution in [3.8, 4) is 0 Å². The van der Waals surface area contributed by atoms with E-state index in [1.54, 1.807) is 12.1 Å². The maximum absolute atomic E-state index is 12.1. The SMILES string of the molecule is O=C(O)c1cccc([S+]([O-])Cc2ccccc2)c1. The normalized spacial score (nSPS) is 12.1. The molecule has 4 heteroatoms. The molecule has 3 nitrogen and oxygen atoms in total. The highest BCUT2D eigenvalue weighted by molar-refractivity contribution is 7.90. The molecule has 1 unspecified atom stereocenters. The van der Waals surface area contributed by atoms with E-state index >= 15 is 0 Å². The van der Waals surface area contributed by atoms with Crippen LogP contribution >= 0.6 is 0 Å². The molecule has 0 aromatic heterocycles. The van der Waals surface area contributed by atoms with E-state index in [-0.39, 0.29) is 5.56 Å². The summed E-state index contributed by atoms with van der Waals surface area (Å²) in [5.41, 5.74) is 1.13. The minimum Gasteiger partial charge on any atom is -0.611 e. The molecule has 2 rings (SSSR count). The third-order valence-corrected chi connectivity index (χ3v) is 3.86. The van der Waals surface area contributed by atoms with Crippen LogP contribution in [0.15, 0.2) is 59.5 Å². The maximum Gasteiger partial charge on any atom is 0.335 e. The molecule has 1 atom stereocenters. The van der Waals surface area contributed by atoms with Crippen molar-refractivity contribution in [1.82, 2.24) is 0 Å². The van der Waals surface area contributed by atoms with Crippen LogP contribution in [-0.4, -0.2) is 15.6 Å². The zero-order valence-corrected chi connectivity index (χ0v) is 10.4. The summed E-state index contributed by atoms with van der Waals surface area (Å²) in [6.07, 6.45) is 0. The summed E-state index contributed by atoms with van der Waals surface area (Å²) < 4.78 is 12.1. The summed E-state index contributed by atoms with van der Waals surface area (Å²) in [6, 6.07) is 15.7. The van der Waals surface area contributed by atoms with Crippen molar-refractivity contribution < 1.29 is 14.5 Å². The first-order valence-electron chi connectivity index (χ1n) is 5.42. The van der Waals surface area contributed by atoms with E-state index in [0.717, 1.165) is 5.56 Å². The first-order chi connectivity index (χ1) is 8.66. The summed E-state index contributed by atoms with van der Waals surface area (Å²) >= 11 is -1.22. The Balaban J connectivity index is 2.16. The predicted molar refractivity (Wildman–Crippen MR) is 70.0 cm³/mol. The van der Waals surface area contributed by atoms with Gasteiger partial charge in [-0.25, -0.2) is 4.79 Å². The van der Waals surface area contributed by atoms with E-state index < -0.39 is 17.1 Å². The van der Waals surface area contributed by atoms with Crippen LogP contribution in [0.25, 0.3) is 0 Å². The molecule has 0 aliphatic heterocycles. The number of rotatable bonds is 4. The van der Waals surface area contributed by atoms with Crippen molar-refractivity contribution in [3.05, 3.63) is 65.7 Å². The van der Waals surface area contributed by atoms with Gasteiger partial charge in [-0.05, 0) is 23.3 Å². The molecule has 0 saturated carbocycles. The molecule has 0 heterocycles. The van der Waals surface area contributed by atoms with E-state index in [0.29, 0.717) is 10.6 Å². The Morgan fingerprint density at radius 1 is 1.11 bits per heavy atom. The van der Waals surface area contributed by atoms with Crippen LogP contribution in [0, 0.1) is 0 Å². The van der Waals surface area contributed by atoms with Gasteiger partial charge in [-0.1, -0.05) is 36.4 Å². The number of hydrogen-bond donors (Lipinski definition) is 1. The van der Waals surface area contributed by atoms with Crippen molar-refractivity contribution >= 4 is 17.1 Å². The van der Waals surface area contributed by atoms with E-state index in [2.05, 4.69) is 0 Å². The monoisotopic (exact) mass is 260 g/mol. The Hall–Kier alpha value is -1.78. The fourth-order valence-corrected chi connectivity index (χ4v) is 2.73. The predicted octanol–water partition coefficient (Wildman–Crippen LogP) is 2.69. The molecule has 0 aliphatic rings. The molecule has 0 radical (unpaired) electrons. The first-order valence-corrected chi connectivity index (χ1v) is 6.74. The lowest BCUT2D eigenvalue weighted by atomic mass is 10.2. The average Bonchev–Trinajstić information content (AvgIpc) is 2.40. The van der Waals surface area contributed by atoms with E-state index in [4.69, 9.17) is 5.11 Å². The fourth-order valence-electron chi connectivity index (χ4n) is 1.58. The zero-order chi connectivity index (χ0) is 13.0. The van der Waals surface area contributed by atoms with E-state index in [9.17, 15) is 9.35 Å². The van der Waals surface area contributed by atoms with Gasteiger partial charge in [-0.2, -0.15) is 0 Å². The molecule has 92 valence electrons. The highest BCUT2D eigenvalue weighted by Gasteiger charge is 2.14. The fraction of sp³-hybridized carbons (Fsp3) is 0.0714. The van der Waals surface area contributed by atoms with Crippen molar-refractivity contribution in [1.29, 1.82) is 0 Å². The Kier molecular flexibility index (Phi) is 4.02. The largest absolute Gasteiger partial charge is 0.611 e. The van der Waals surface area contributed by atoms with Gasteiger partial charge in [0.05, 0.1) is 5.56 Å². The van der Waals surface area contributed by atoms with Crippen molar-refractivity contribution in [2.75, 3.05) is 0 Å². The lowest BCUT2D eigenvalue weighted by Gasteiger charge is -2.10. The second-order valence-electron chi connectivity index (χ2n) is 3.81. The quantitative estimate of drug-likeness (QED) is 0.860. The van der Waals surface area contributed by atoms with Gasteiger partial charge in [0.1, 0.15) is 5.75 Å². The maximum atomic E-state index is 12.1. The average molecular weight is 260 g/mol. The smallest absolute Gasteiger partial charge is 0.335 e. The highest BCUT2D eigenvalue weighted by Crippen LogP contribution is 2.17. The van der Waals surface area contributed by atoms with Gasteiger partial charge in [0, 0.05) is 11.6 Å². The Bertz CT molecular complexity index is 540. The Morgan fingerprint density at radius 3 is 2.50 bits per heavy atom.